The third-order valence-electron chi connectivity index (χ3n) is 2.22. The Morgan fingerprint density at radius 1 is 1.39 bits per heavy atom. The number of aromatic nitrogens is 1. The summed E-state index contributed by atoms with van der Waals surface area (Å²) >= 11 is 12.9. The van der Waals surface area contributed by atoms with Crippen molar-refractivity contribution in [3.8, 4) is 6.07 Å². The van der Waals surface area contributed by atoms with Crippen molar-refractivity contribution in [3.05, 3.63) is 39.3 Å². The number of nitrogens with one attached hydrogen (secondary N) is 1. The average Bonchev–Trinajstić information content (AvgIpc) is 2.64. The van der Waals surface area contributed by atoms with E-state index < -0.39 is 5.82 Å². The molecule has 0 spiro atoms. The minimum absolute atomic E-state index is 0.148. The maximum absolute atomic E-state index is 13.0. The molecule has 1 aromatic heterocycles. The molecule has 3 nitrogen and oxygen atoms in total. The Balaban J connectivity index is 2.44. The zero-order valence-electron chi connectivity index (χ0n) is 9.09. The van der Waals surface area contributed by atoms with Gasteiger partial charge in [0.2, 0.25) is 0 Å². The minimum atomic E-state index is -0.517. The second-order valence-electron chi connectivity index (χ2n) is 3.45. The van der Waals surface area contributed by atoms with Crippen molar-refractivity contribution in [1.29, 1.82) is 5.26 Å². The van der Waals surface area contributed by atoms with Crippen molar-refractivity contribution in [2.45, 2.75) is 6.92 Å². The smallest absolute Gasteiger partial charge is 0.132 e. The number of anilines is 2. The highest BCUT2D eigenvalue weighted by Crippen LogP contribution is 2.36. The molecular weight excluding hydrogens is 296 g/mol. The van der Waals surface area contributed by atoms with E-state index in [4.69, 9.17) is 28.5 Å². The molecule has 0 amide bonds. The van der Waals surface area contributed by atoms with E-state index in [-0.39, 0.29) is 10.0 Å². The van der Waals surface area contributed by atoms with Crippen LogP contribution in [-0.2, 0) is 0 Å². The number of halogens is 3. The fourth-order valence-electron chi connectivity index (χ4n) is 1.36. The summed E-state index contributed by atoms with van der Waals surface area (Å²) in [5.41, 5.74) is 1.41. The first-order chi connectivity index (χ1) is 8.52. The largest absolute Gasteiger partial charge is 0.342 e. The van der Waals surface area contributed by atoms with Crippen molar-refractivity contribution < 1.29 is 4.39 Å². The monoisotopic (exact) mass is 301 g/mol. The van der Waals surface area contributed by atoms with Gasteiger partial charge >= 0.3 is 0 Å². The summed E-state index contributed by atoms with van der Waals surface area (Å²) < 4.78 is 17.1. The van der Waals surface area contributed by atoms with Crippen LogP contribution in [0.3, 0.4) is 0 Å². The van der Waals surface area contributed by atoms with Crippen molar-refractivity contribution in [1.82, 2.24) is 4.37 Å². The van der Waals surface area contributed by atoms with Gasteiger partial charge in [-0.25, -0.2) is 4.39 Å². The van der Waals surface area contributed by atoms with E-state index in [0.29, 0.717) is 21.9 Å². The molecule has 0 radical (unpaired) electrons. The summed E-state index contributed by atoms with van der Waals surface area (Å²) in [7, 11) is 0. The Kier molecular flexibility index (Phi) is 3.71. The Labute approximate surface area is 117 Å². The first-order valence-electron chi connectivity index (χ1n) is 4.81. The van der Waals surface area contributed by atoms with Crippen LogP contribution < -0.4 is 5.32 Å². The molecule has 0 saturated carbocycles. The van der Waals surface area contributed by atoms with Gasteiger partial charge in [0, 0.05) is 0 Å². The Morgan fingerprint density at radius 2 is 2.00 bits per heavy atom. The molecule has 1 aromatic carbocycles. The van der Waals surface area contributed by atoms with Crippen molar-refractivity contribution >= 4 is 45.4 Å². The third-order valence-corrected chi connectivity index (χ3v) is 3.67. The van der Waals surface area contributed by atoms with Crippen molar-refractivity contribution in [2.24, 2.45) is 0 Å². The molecule has 18 heavy (non-hydrogen) atoms. The van der Waals surface area contributed by atoms with Crippen LogP contribution >= 0.6 is 34.7 Å². The quantitative estimate of drug-likeness (QED) is 0.887. The minimum Gasteiger partial charge on any atom is -0.342 e. The highest BCUT2D eigenvalue weighted by atomic mass is 35.5. The van der Waals surface area contributed by atoms with Gasteiger partial charge in [0.1, 0.15) is 22.5 Å². The second kappa shape index (κ2) is 5.11. The maximum atomic E-state index is 13.0. The van der Waals surface area contributed by atoms with Crippen LogP contribution in [0, 0.1) is 24.1 Å². The molecule has 0 aliphatic rings. The first kappa shape index (κ1) is 13.1. The van der Waals surface area contributed by atoms with Crippen LogP contribution in [-0.4, -0.2) is 4.37 Å². The van der Waals surface area contributed by atoms with Gasteiger partial charge in [0.15, 0.2) is 0 Å². The van der Waals surface area contributed by atoms with Gasteiger partial charge in [-0.15, -0.1) is 0 Å². The summed E-state index contributed by atoms with van der Waals surface area (Å²) in [6, 6.07) is 4.34. The number of nitrogens with zero attached hydrogens (tertiary/aromatic N) is 2. The van der Waals surface area contributed by atoms with Crippen molar-refractivity contribution in [3.63, 3.8) is 0 Å². The zero-order valence-corrected chi connectivity index (χ0v) is 11.4. The topological polar surface area (TPSA) is 48.7 Å². The van der Waals surface area contributed by atoms with Gasteiger partial charge in [-0.1, -0.05) is 23.2 Å². The Hall–Kier alpha value is -1.35. The highest BCUT2D eigenvalue weighted by Gasteiger charge is 2.14. The van der Waals surface area contributed by atoms with Gasteiger partial charge in [-0.05, 0) is 30.6 Å². The Morgan fingerprint density at radius 3 is 2.56 bits per heavy atom. The molecule has 0 fully saturated rings. The molecule has 2 rings (SSSR count). The van der Waals surface area contributed by atoms with E-state index >= 15 is 0 Å². The molecule has 92 valence electrons. The molecule has 2 aromatic rings. The van der Waals surface area contributed by atoms with Crippen LogP contribution in [0.25, 0.3) is 0 Å². The summed E-state index contributed by atoms with van der Waals surface area (Å²) in [6.07, 6.45) is 0. The number of rotatable bonds is 2. The number of nitriles is 1. The van der Waals surface area contributed by atoms with Gasteiger partial charge in [0.25, 0.3) is 0 Å². The fraction of sp³-hybridized carbons (Fsp3) is 0.0909. The first-order valence-corrected chi connectivity index (χ1v) is 6.33. The maximum Gasteiger partial charge on any atom is 0.132 e. The molecule has 7 heteroatoms. The van der Waals surface area contributed by atoms with E-state index in [9.17, 15) is 4.39 Å². The van der Waals surface area contributed by atoms with Crippen LogP contribution in [0.2, 0.25) is 10.0 Å². The zero-order chi connectivity index (χ0) is 13.3. The van der Waals surface area contributed by atoms with Crippen LogP contribution in [0.15, 0.2) is 12.1 Å². The summed E-state index contributed by atoms with van der Waals surface area (Å²) in [5, 5.41) is 12.7. The fourth-order valence-corrected chi connectivity index (χ4v) is 2.67. The normalized spacial score (nSPS) is 10.2. The van der Waals surface area contributed by atoms with Gasteiger partial charge < -0.3 is 5.32 Å². The lowest BCUT2D eigenvalue weighted by atomic mass is 10.2. The van der Waals surface area contributed by atoms with Gasteiger partial charge in [-0.2, -0.15) is 9.64 Å². The lowest BCUT2D eigenvalue weighted by Gasteiger charge is -2.08. The summed E-state index contributed by atoms with van der Waals surface area (Å²) in [5.74, 6) is -0.517. The molecule has 0 bridgehead atoms. The highest BCUT2D eigenvalue weighted by molar-refractivity contribution is 7.10. The number of aryl methyl sites for hydroxylation is 1. The van der Waals surface area contributed by atoms with E-state index in [0.717, 1.165) is 23.7 Å². The van der Waals surface area contributed by atoms with Gasteiger partial charge in [0.05, 0.1) is 21.4 Å². The van der Waals surface area contributed by atoms with Crippen LogP contribution in [0.1, 0.15) is 11.3 Å². The molecule has 0 atom stereocenters. The SMILES string of the molecule is Cc1nsc(Nc2c(Cl)cc(F)cc2Cl)c1C#N. The van der Waals surface area contributed by atoms with Crippen LogP contribution in [0.5, 0.6) is 0 Å². The van der Waals surface area contributed by atoms with E-state index in [1.54, 1.807) is 6.92 Å². The average molecular weight is 302 g/mol. The lowest BCUT2D eigenvalue weighted by Crippen LogP contribution is -1.93. The van der Waals surface area contributed by atoms with E-state index in [1.807, 2.05) is 6.07 Å². The van der Waals surface area contributed by atoms with Crippen LogP contribution in [0.4, 0.5) is 15.1 Å². The number of hydrogen-bond acceptors (Lipinski definition) is 4. The summed E-state index contributed by atoms with van der Waals surface area (Å²) in [4.78, 5) is 0. The lowest BCUT2D eigenvalue weighted by molar-refractivity contribution is 0.628. The molecule has 0 unspecified atom stereocenters. The predicted molar refractivity (Wildman–Crippen MR) is 71.3 cm³/mol. The van der Waals surface area contributed by atoms with E-state index in [1.165, 1.54) is 0 Å². The molecule has 0 saturated heterocycles. The predicted octanol–water partition coefficient (Wildman–Crippen LogP) is 4.51. The number of benzene rings is 1. The molecule has 0 aliphatic carbocycles. The van der Waals surface area contributed by atoms with E-state index in [2.05, 4.69) is 9.69 Å². The molecular formula is C11H6Cl2FN3S. The second-order valence-corrected chi connectivity index (χ2v) is 5.04. The van der Waals surface area contributed by atoms with Gasteiger partial charge in [-0.3, -0.25) is 0 Å². The Bertz CT molecular complexity index is 625. The van der Waals surface area contributed by atoms with Crippen molar-refractivity contribution in [2.75, 3.05) is 5.32 Å². The number of hydrogen-bond donors (Lipinski definition) is 1. The standard InChI is InChI=1S/C11H6Cl2FN3S/c1-5-7(4-15)11(18-17-5)16-10-8(12)2-6(14)3-9(10)13/h2-3,16H,1H3. The summed E-state index contributed by atoms with van der Waals surface area (Å²) in [6.45, 7) is 1.73. The third kappa shape index (κ3) is 2.41. The molecule has 1 N–H and O–H groups in total. The molecule has 1 heterocycles. The molecule has 0 aliphatic heterocycles.